The van der Waals surface area contributed by atoms with E-state index in [1.54, 1.807) is 0 Å². The summed E-state index contributed by atoms with van der Waals surface area (Å²) in [6.45, 7) is 1.20. The molecule has 0 fully saturated rings. The summed E-state index contributed by atoms with van der Waals surface area (Å²) < 4.78 is 70.4. The molecule has 0 spiro atoms. The van der Waals surface area contributed by atoms with Crippen molar-refractivity contribution in [2.45, 2.75) is 21.6 Å². The molecule has 0 bridgehead atoms. The van der Waals surface area contributed by atoms with Crippen LogP contribution in [0.4, 0.5) is 0 Å². The zero-order valence-corrected chi connectivity index (χ0v) is 14.2. The molecule has 11 heteroatoms. The van der Waals surface area contributed by atoms with Crippen molar-refractivity contribution in [2.75, 3.05) is 0 Å². The van der Waals surface area contributed by atoms with Gasteiger partial charge >= 0.3 is 0 Å². The zero-order valence-electron chi connectivity index (χ0n) is 8.93. The van der Waals surface area contributed by atoms with Crippen molar-refractivity contribution in [3.05, 3.63) is 17.7 Å². The molecule has 18 heavy (non-hydrogen) atoms. The molecular formula is C7H8O7S3Y. The van der Waals surface area contributed by atoms with Gasteiger partial charge < -0.3 is 9.11 Å². The predicted molar refractivity (Wildman–Crippen MR) is 59.1 cm³/mol. The van der Waals surface area contributed by atoms with Gasteiger partial charge in [-0.05, 0) is 24.6 Å². The van der Waals surface area contributed by atoms with E-state index in [0.717, 1.165) is 12.1 Å². The maximum Gasteiger partial charge on any atom is 0.294 e. The Morgan fingerprint density at radius 2 is 1.61 bits per heavy atom. The Kier molecular flexibility index (Phi) is 6.92. The summed E-state index contributed by atoms with van der Waals surface area (Å²) in [5.41, 5.74) is -0.150. The van der Waals surface area contributed by atoms with Gasteiger partial charge in [-0.1, -0.05) is 0 Å². The van der Waals surface area contributed by atoms with Crippen LogP contribution in [0.1, 0.15) is 5.56 Å². The van der Waals surface area contributed by atoms with Crippen LogP contribution in [0.25, 0.3) is 0 Å². The van der Waals surface area contributed by atoms with Crippen molar-refractivity contribution in [1.82, 2.24) is 0 Å². The Morgan fingerprint density at radius 3 is 1.94 bits per heavy atom. The third kappa shape index (κ3) is 4.24. The number of hydrogen-bond acceptors (Lipinski definition) is 4. The fraction of sp³-hybridized carbons (Fsp3) is 0.143. The Bertz CT molecular complexity index is 610. The van der Waals surface area contributed by atoms with Crippen LogP contribution in [-0.4, -0.2) is 30.5 Å². The summed E-state index contributed by atoms with van der Waals surface area (Å²) in [5.74, 6) is 0. The van der Waals surface area contributed by atoms with Gasteiger partial charge in [0, 0.05) is 32.7 Å². The molecule has 2 atom stereocenters. The molecule has 1 aromatic carbocycles. The second kappa shape index (κ2) is 6.75. The molecule has 0 aliphatic heterocycles. The van der Waals surface area contributed by atoms with E-state index in [2.05, 4.69) is 0 Å². The standard InChI is InChI=1S/C7H8O7S3.Y/c1-4-6(16(10)11)2-5(15(8)9)3-7(4)17(12,13)14;/h2-3H,1H3,(H,8,9)(H,10,11)(H,12,13,14);. The first kappa shape index (κ1) is 18.5. The van der Waals surface area contributed by atoms with Crippen LogP contribution < -0.4 is 0 Å². The Balaban J connectivity index is 0.00000289. The predicted octanol–water partition coefficient (Wildman–Crippen LogP) is 0.400. The van der Waals surface area contributed by atoms with E-state index in [-0.39, 0.29) is 48.1 Å². The molecule has 0 saturated carbocycles. The minimum atomic E-state index is -4.64. The summed E-state index contributed by atoms with van der Waals surface area (Å²) in [4.78, 5) is -1.41. The van der Waals surface area contributed by atoms with Crippen molar-refractivity contribution in [3.8, 4) is 0 Å². The quantitative estimate of drug-likeness (QED) is 0.504. The number of rotatable bonds is 3. The van der Waals surface area contributed by atoms with Gasteiger partial charge in [0.2, 0.25) is 0 Å². The Hall–Kier alpha value is 0.454. The third-order valence-corrected chi connectivity index (χ3v) is 4.37. The number of hydrogen-bond donors (Lipinski definition) is 3. The van der Waals surface area contributed by atoms with E-state index < -0.39 is 37.2 Å². The smallest absolute Gasteiger partial charge is 0.294 e. The molecule has 0 amide bonds. The van der Waals surface area contributed by atoms with Gasteiger partial charge in [-0.25, -0.2) is 8.42 Å². The maximum atomic E-state index is 11.0. The van der Waals surface area contributed by atoms with E-state index in [4.69, 9.17) is 13.7 Å². The van der Waals surface area contributed by atoms with Crippen LogP contribution in [0.5, 0.6) is 0 Å². The van der Waals surface area contributed by atoms with Crippen LogP contribution in [0.2, 0.25) is 0 Å². The second-order valence-electron chi connectivity index (χ2n) is 3.02. The summed E-state index contributed by atoms with van der Waals surface area (Å²) in [7, 11) is -4.64. The molecular weight excluding hydrogens is 381 g/mol. The van der Waals surface area contributed by atoms with Gasteiger partial charge in [-0.3, -0.25) is 4.55 Å². The first-order chi connectivity index (χ1) is 7.64. The minimum absolute atomic E-state index is 0. The van der Waals surface area contributed by atoms with E-state index in [1.807, 2.05) is 0 Å². The molecule has 0 saturated heterocycles. The Morgan fingerprint density at radius 1 is 1.11 bits per heavy atom. The average molecular weight is 389 g/mol. The van der Waals surface area contributed by atoms with E-state index in [9.17, 15) is 16.8 Å². The molecule has 0 aliphatic carbocycles. The molecule has 99 valence electrons. The van der Waals surface area contributed by atoms with Crippen LogP contribution in [0.15, 0.2) is 26.8 Å². The SMILES string of the molecule is Cc1c(S(=O)O)cc(S(=O)O)cc1S(=O)(=O)O.[Y]. The molecule has 7 nitrogen and oxygen atoms in total. The molecule has 0 aromatic heterocycles. The second-order valence-corrected chi connectivity index (χ2v) is 6.32. The van der Waals surface area contributed by atoms with E-state index in [0.29, 0.717) is 0 Å². The van der Waals surface area contributed by atoms with Crippen molar-refractivity contribution >= 4 is 32.3 Å². The first-order valence-corrected chi connectivity index (χ1v) is 7.63. The maximum absolute atomic E-state index is 11.0. The van der Waals surface area contributed by atoms with Crippen molar-refractivity contribution in [3.63, 3.8) is 0 Å². The first-order valence-electron chi connectivity index (χ1n) is 3.98. The van der Waals surface area contributed by atoms with Gasteiger partial charge in [0.1, 0.15) is 0 Å². The summed E-state index contributed by atoms with van der Waals surface area (Å²) in [5, 5.41) is 0. The summed E-state index contributed by atoms with van der Waals surface area (Å²) >= 11 is -5.06. The fourth-order valence-electron chi connectivity index (χ4n) is 1.19. The monoisotopic (exact) mass is 389 g/mol. The summed E-state index contributed by atoms with van der Waals surface area (Å²) in [6, 6.07) is 1.70. The van der Waals surface area contributed by atoms with Crippen LogP contribution in [0.3, 0.4) is 0 Å². The molecule has 1 rings (SSSR count). The van der Waals surface area contributed by atoms with Crippen molar-refractivity contribution in [1.29, 1.82) is 0 Å². The molecule has 1 aromatic rings. The van der Waals surface area contributed by atoms with Crippen molar-refractivity contribution in [2.24, 2.45) is 0 Å². The van der Waals surface area contributed by atoms with Gasteiger partial charge in [-0.2, -0.15) is 8.42 Å². The topological polar surface area (TPSA) is 129 Å². The summed E-state index contributed by atoms with van der Waals surface area (Å²) in [6.07, 6.45) is 0. The normalized spacial score (nSPS) is 14.7. The third-order valence-electron chi connectivity index (χ3n) is 1.95. The van der Waals surface area contributed by atoms with Gasteiger partial charge in [0.25, 0.3) is 10.1 Å². The molecule has 0 aliphatic rings. The van der Waals surface area contributed by atoms with Gasteiger partial charge in [0.15, 0.2) is 22.2 Å². The van der Waals surface area contributed by atoms with Crippen molar-refractivity contribution < 1.29 is 63.2 Å². The van der Waals surface area contributed by atoms with Crippen LogP contribution >= 0.6 is 0 Å². The molecule has 1 radical (unpaired) electrons. The van der Waals surface area contributed by atoms with Gasteiger partial charge in [0.05, 0.1) is 14.7 Å². The van der Waals surface area contributed by atoms with E-state index >= 15 is 0 Å². The fourth-order valence-corrected chi connectivity index (χ4v) is 3.21. The zero-order chi connectivity index (χ0) is 13.4. The number of benzene rings is 1. The largest absolute Gasteiger partial charge is 0.302 e. The molecule has 0 heterocycles. The molecule has 2 unspecified atom stereocenters. The average Bonchev–Trinajstić information content (AvgIpc) is 2.15. The molecule has 3 N–H and O–H groups in total. The van der Waals surface area contributed by atoms with Crippen LogP contribution in [0, 0.1) is 6.92 Å². The minimum Gasteiger partial charge on any atom is -0.302 e. The van der Waals surface area contributed by atoms with E-state index in [1.165, 1.54) is 6.92 Å². The Labute approximate surface area is 134 Å². The van der Waals surface area contributed by atoms with Gasteiger partial charge in [-0.15, -0.1) is 0 Å². The van der Waals surface area contributed by atoms with Crippen LogP contribution in [-0.2, 0) is 65.0 Å².